The monoisotopic (exact) mass is 183 g/mol. The molecule has 1 aromatic rings. The molecule has 1 N–H and O–H groups in total. The Morgan fingerprint density at radius 1 is 1.50 bits per heavy atom. The highest BCUT2D eigenvalue weighted by atomic mass is 32.1. The third-order valence-electron chi connectivity index (χ3n) is 1.47. The van der Waals surface area contributed by atoms with E-state index in [-0.39, 0.29) is 6.10 Å². The van der Waals surface area contributed by atoms with E-state index in [1.807, 2.05) is 19.9 Å². The molecule has 2 nitrogen and oxygen atoms in total. The van der Waals surface area contributed by atoms with Gasteiger partial charge >= 0.3 is 0 Å². The summed E-state index contributed by atoms with van der Waals surface area (Å²) in [5.41, 5.74) is 1.04. The summed E-state index contributed by atoms with van der Waals surface area (Å²) in [6.07, 6.45) is 3.30. The first kappa shape index (κ1) is 9.42. The number of thiazole rings is 1. The minimum atomic E-state index is -0.383. The first-order valence-corrected chi connectivity index (χ1v) is 4.71. The van der Waals surface area contributed by atoms with Crippen LogP contribution in [0.15, 0.2) is 6.08 Å². The molecule has 0 spiro atoms. The normalized spacial score (nSPS) is 14.0. The Balaban J connectivity index is 2.81. The van der Waals surface area contributed by atoms with Crippen molar-refractivity contribution >= 4 is 17.4 Å². The molecule has 1 unspecified atom stereocenters. The van der Waals surface area contributed by atoms with Gasteiger partial charge < -0.3 is 5.11 Å². The maximum Gasteiger partial charge on any atom is 0.0903 e. The van der Waals surface area contributed by atoms with E-state index in [1.165, 1.54) is 0 Å². The lowest BCUT2D eigenvalue weighted by molar-refractivity contribution is 0.245. The fourth-order valence-electron chi connectivity index (χ4n) is 0.928. The highest BCUT2D eigenvalue weighted by molar-refractivity contribution is 7.12. The van der Waals surface area contributed by atoms with Gasteiger partial charge in [0.1, 0.15) is 0 Å². The van der Waals surface area contributed by atoms with Crippen LogP contribution in [0.5, 0.6) is 0 Å². The largest absolute Gasteiger partial charge is 0.389 e. The van der Waals surface area contributed by atoms with Crippen LogP contribution in [0.1, 0.15) is 22.5 Å². The first-order valence-electron chi connectivity index (χ1n) is 3.90. The summed E-state index contributed by atoms with van der Waals surface area (Å²) >= 11 is 1.65. The van der Waals surface area contributed by atoms with Gasteiger partial charge in [-0.25, -0.2) is 4.98 Å². The van der Waals surface area contributed by atoms with E-state index in [9.17, 15) is 0 Å². The Hall–Kier alpha value is -0.670. The number of aliphatic hydroxyl groups excluding tert-OH is 1. The van der Waals surface area contributed by atoms with Gasteiger partial charge in [-0.05, 0) is 26.8 Å². The molecule has 0 aliphatic carbocycles. The van der Waals surface area contributed by atoms with Crippen molar-refractivity contribution in [1.29, 1.82) is 0 Å². The van der Waals surface area contributed by atoms with Crippen LogP contribution in [0.3, 0.4) is 0 Å². The van der Waals surface area contributed by atoms with Gasteiger partial charge in [0.2, 0.25) is 0 Å². The van der Waals surface area contributed by atoms with Gasteiger partial charge in [0, 0.05) is 4.88 Å². The van der Waals surface area contributed by atoms with E-state index >= 15 is 0 Å². The molecule has 3 heteroatoms. The summed E-state index contributed by atoms with van der Waals surface area (Å²) < 4.78 is 0. The highest BCUT2D eigenvalue weighted by Gasteiger charge is 2.00. The zero-order valence-electron chi connectivity index (χ0n) is 7.53. The zero-order valence-corrected chi connectivity index (χ0v) is 8.35. The van der Waals surface area contributed by atoms with Gasteiger partial charge in [-0.2, -0.15) is 0 Å². The number of aryl methyl sites for hydroxylation is 2. The lowest BCUT2D eigenvalue weighted by Gasteiger charge is -1.92. The summed E-state index contributed by atoms with van der Waals surface area (Å²) in [5, 5.41) is 10.1. The molecule has 0 aliphatic heterocycles. The van der Waals surface area contributed by atoms with Crippen molar-refractivity contribution in [2.45, 2.75) is 26.9 Å². The lowest BCUT2D eigenvalue weighted by Crippen LogP contribution is -1.90. The molecule has 0 bridgehead atoms. The Morgan fingerprint density at radius 2 is 2.17 bits per heavy atom. The van der Waals surface area contributed by atoms with Crippen molar-refractivity contribution in [3.8, 4) is 0 Å². The molecule has 0 fully saturated rings. The van der Waals surface area contributed by atoms with Gasteiger partial charge in [0.15, 0.2) is 0 Å². The Kier molecular flexibility index (Phi) is 3.00. The molecule has 1 rings (SSSR count). The summed E-state index contributed by atoms with van der Waals surface area (Å²) in [7, 11) is 0. The van der Waals surface area contributed by atoms with Crippen LogP contribution in [0, 0.1) is 13.8 Å². The third-order valence-corrected chi connectivity index (χ3v) is 2.50. The van der Waals surface area contributed by atoms with Gasteiger partial charge in [-0.15, -0.1) is 11.3 Å². The molecule has 0 saturated heterocycles. The van der Waals surface area contributed by atoms with Gasteiger partial charge in [-0.3, -0.25) is 0 Å². The lowest BCUT2D eigenvalue weighted by atomic mass is 10.3. The Morgan fingerprint density at radius 3 is 2.58 bits per heavy atom. The molecule has 1 atom stereocenters. The average Bonchev–Trinajstić information content (AvgIpc) is 2.26. The maximum atomic E-state index is 9.01. The zero-order chi connectivity index (χ0) is 9.14. The fraction of sp³-hybridized carbons (Fsp3) is 0.444. The number of rotatable bonds is 2. The molecular formula is C9H13NOS. The van der Waals surface area contributed by atoms with Crippen LogP contribution >= 0.6 is 11.3 Å². The van der Waals surface area contributed by atoms with Crippen molar-refractivity contribution in [3.05, 3.63) is 21.7 Å². The number of nitrogens with zero attached hydrogens (tertiary/aromatic N) is 1. The molecule has 1 aromatic heterocycles. The van der Waals surface area contributed by atoms with E-state index in [4.69, 9.17) is 5.11 Å². The topological polar surface area (TPSA) is 33.1 Å². The van der Waals surface area contributed by atoms with E-state index in [0.29, 0.717) is 0 Å². The second-order valence-corrected chi connectivity index (χ2v) is 4.02. The fourth-order valence-corrected chi connectivity index (χ4v) is 1.77. The minimum Gasteiger partial charge on any atom is -0.389 e. The summed E-state index contributed by atoms with van der Waals surface area (Å²) in [5.74, 6) is 0. The molecule has 1 heterocycles. The summed E-state index contributed by atoms with van der Waals surface area (Å²) in [6.45, 7) is 5.70. The van der Waals surface area contributed by atoms with Crippen LogP contribution in [0.4, 0.5) is 0 Å². The van der Waals surface area contributed by atoms with Crippen molar-refractivity contribution in [2.75, 3.05) is 0 Å². The standard InChI is InChI=1S/C9H13NOS/c1-6(11)4-5-9-7(2)10-8(3)12-9/h4-6,11H,1-3H3/b5-4+. The summed E-state index contributed by atoms with van der Waals surface area (Å²) in [4.78, 5) is 5.41. The van der Waals surface area contributed by atoms with E-state index in [1.54, 1.807) is 24.3 Å². The smallest absolute Gasteiger partial charge is 0.0903 e. The number of aliphatic hydroxyl groups is 1. The third kappa shape index (κ3) is 2.43. The van der Waals surface area contributed by atoms with Crippen LogP contribution in [0.2, 0.25) is 0 Å². The van der Waals surface area contributed by atoms with Crippen molar-refractivity contribution < 1.29 is 5.11 Å². The minimum absolute atomic E-state index is 0.383. The highest BCUT2D eigenvalue weighted by Crippen LogP contribution is 2.18. The Labute approximate surface area is 76.6 Å². The molecule has 0 aliphatic rings. The van der Waals surface area contributed by atoms with Gasteiger partial charge in [-0.1, -0.05) is 6.08 Å². The van der Waals surface area contributed by atoms with Crippen molar-refractivity contribution in [2.24, 2.45) is 0 Å². The number of hydrogen-bond donors (Lipinski definition) is 1. The molecular weight excluding hydrogens is 170 g/mol. The molecule has 66 valence electrons. The van der Waals surface area contributed by atoms with E-state index in [0.717, 1.165) is 15.6 Å². The maximum absolute atomic E-state index is 9.01. The molecule has 0 radical (unpaired) electrons. The van der Waals surface area contributed by atoms with E-state index in [2.05, 4.69) is 4.98 Å². The van der Waals surface area contributed by atoms with Crippen LogP contribution in [0.25, 0.3) is 6.08 Å². The van der Waals surface area contributed by atoms with Crippen molar-refractivity contribution in [3.63, 3.8) is 0 Å². The molecule has 0 saturated carbocycles. The second-order valence-electron chi connectivity index (χ2n) is 2.78. The average molecular weight is 183 g/mol. The van der Waals surface area contributed by atoms with Crippen LogP contribution < -0.4 is 0 Å². The number of hydrogen-bond acceptors (Lipinski definition) is 3. The second kappa shape index (κ2) is 3.83. The molecule has 0 aromatic carbocycles. The van der Waals surface area contributed by atoms with Crippen molar-refractivity contribution in [1.82, 2.24) is 4.98 Å². The van der Waals surface area contributed by atoms with Gasteiger partial charge in [0.05, 0.1) is 16.8 Å². The Bertz CT molecular complexity index is 289. The summed E-state index contributed by atoms with van der Waals surface area (Å²) in [6, 6.07) is 0. The predicted octanol–water partition coefficient (Wildman–Crippen LogP) is 2.15. The number of aromatic nitrogens is 1. The molecule has 12 heavy (non-hydrogen) atoms. The SMILES string of the molecule is Cc1nc(C)c(/C=C/C(C)O)s1. The predicted molar refractivity (Wildman–Crippen MR) is 52.3 cm³/mol. The first-order chi connectivity index (χ1) is 5.59. The molecule has 0 amide bonds. The quantitative estimate of drug-likeness (QED) is 0.762. The van der Waals surface area contributed by atoms with Crippen LogP contribution in [-0.2, 0) is 0 Å². The van der Waals surface area contributed by atoms with Crippen LogP contribution in [-0.4, -0.2) is 16.2 Å². The van der Waals surface area contributed by atoms with Gasteiger partial charge in [0.25, 0.3) is 0 Å². The van der Waals surface area contributed by atoms with E-state index < -0.39 is 0 Å².